The molecule has 166 valence electrons. The second kappa shape index (κ2) is 9.08. The van der Waals surface area contributed by atoms with Crippen molar-refractivity contribution < 1.29 is 27.5 Å². The van der Waals surface area contributed by atoms with E-state index in [2.05, 4.69) is 11.4 Å². The third-order valence-corrected chi connectivity index (χ3v) is 7.51. The monoisotopic (exact) mass is 453 g/mol. The normalized spacial score (nSPS) is 16.4. The van der Waals surface area contributed by atoms with Gasteiger partial charge < -0.3 is 10.1 Å². The van der Waals surface area contributed by atoms with Crippen LogP contribution in [0.3, 0.4) is 0 Å². The highest BCUT2D eigenvalue weighted by molar-refractivity contribution is 7.91. The maximum atomic E-state index is 13.0. The molecule has 2 aromatic rings. The minimum Gasteiger partial charge on any atom is -0.452 e. The summed E-state index contributed by atoms with van der Waals surface area (Å²) in [4.78, 5) is 36.7. The molecular weight excluding hydrogens is 430 g/mol. The van der Waals surface area contributed by atoms with E-state index < -0.39 is 34.1 Å². The van der Waals surface area contributed by atoms with Crippen molar-refractivity contribution in [2.45, 2.75) is 41.9 Å². The van der Waals surface area contributed by atoms with Gasteiger partial charge in [-0.1, -0.05) is 23.8 Å². The number of nitrogens with one attached hydrogen (secondary N) is 1. The van der Waals surface area contributed by atoms with Crippen LogP contribution in [0, 0.1) is 0 Å². The molecule has 0 radical (unpaired) electrons. The SMILES string of the molecule is O=C(COC(=O)c1ccc2c(c1)S(=O)(=O)c1ccccc1C2=O)NCCC1=CCCCC1. The van der Waals surface area contributed by atoms with E-state index in [0.717, 1.165) is 25.3 Å². The molecular formula is C24H23NO6S. The lowest BCUT2D eigenvalue weighted by Crippen LogP contribution is -2.30. The molecule has 2 aromatic carbocycles. The van der Waals surface area contributed by atoms with Gasteiger partial charge in [-0.15, -0.1) is 0 Å². The number of rotatable bonds is 6. The molecule has 1 aliphatic heterocycles. The number of sulfone groups is 1. The van der Waals surface area contributed by atoms with Crippen LogP contribution in [-0.4, -0.2) is 39.2 Å². The van der Waals surface area contributed by atoms with Crippen molar-refractivity contribution in [3.8, 4) is 0 Å². The zero-order valence-corrected chi connectivity index (χ0v) is 18.2. The van der Waals surface area contributed by atoms with E-state index >= 15 is 0 Å². The third-order valence-electron chi connectivity index (χ3n) is 5.66. The second-order valence-electron chi connectivity index (χ2n) is 7.82. The highest BCUT2D eigenvalue weighted by atomic mass is 32.2. The molecule has 0 aromatic heterocycles. The summed E-state index contributed by atoms with van der Waals surface area (Å²) in [6.07, 6.45) is 7.50. The lowest BCUT2D eigenvalue weighted by Gasteiger charge is -2.19. The van der Waals surface area contributed by atoms with Crippen molar-refractivity contribution in [1.29, 1.82) is 0 Å². The summed E-state index contributed by atoms with van der Waals surface area (Å²) in [5.41, 5.74) is 1.41. The van der Waals surface area contributed by atoms with E-state index in [1.807, 2.05) is 0 Å². The van der Waals surface area contributed by atoms with Gasteiger partial charge in [0, 0.05) is 17.7 Å². The number of fused-ring (bicyclic) bond motifs is 2. The summed E-state index contributed by atoms with van der Waals surface area (Å²) in [6.45, 7) is 0.00427. The summed E-state index contributed by atoms with van der Waals surface area (Å²) in [7, 11) is -3.96. The number of hydrogen-bond donors (Lipinski definition) is 1. The summed E-state index contributed by atoms with van der Waals surface area (Å²) < 4.78 is 31.0. The van der Waals surface area contributed by atoms with Gasteiger partial charge in [0.05, 0.1) is 15.4 Å². The van der Waals surface area contributed by atoms with Crippen molar-refractivity contribution >= 4 is 27.5 Å². The molecule has 8 heteroatoms. The number of ether oxygens (including phenoxy) is 1. The summed E-state index contributed by atoms with van der Waals surface area (Å²) in [6, 6.07) is 9.73. The molecule has 1 heterocycles. The fourth-order valence-electron chi connectivity index (χ4n) is 3.97. The largest absolute Gasteiger partial charge is 0.452 e. The number of benzene rings is 2. The molecule has 2 aliphatic rings. The van der Waals surface area contributed by atoms with Gasteiger partial charge in [-0.3, -0.25) is 9.59 Å². The molecule has 32 heavy (non-hydrogen) atoms. The van der Waals surface area contributed by atoms with Crippen LogP contribution in [0.1, 0.15) is 58.4 Å². The Hall–Kier alpha value is -3.26. The molecule has 0 bridgehead atoms. The molecule has 0 atom stereocenters. The Morgan fingerprint density at radius 2 is 1.78 bits per heavy atom. The van der Waals surface area contributed by atoms with Crippen molar-refractivity contribution in [1.82, 2.24) is 5.32 Å². The van der Waals surface area contributed by atoms with Crippen LogP contribution >= 0.6 is 0 Å². The van der Waals surface area contributed by atoms with Gasteiger partial charge in [-0.25, -0.2) is 13.2 Å². The lowest BCUT2D eigenvalue weighted by molar-refractivity contribution is -0.124. The van der Waals surface area contributed by atoms with Gasteiger partial charge in [0.2, 0.25) is 9.84 Å². The Bertz CT molecular complexity index is 1230. The van der Waals surface area contributed by atoms with Gasteiger partial charge >= 0.3 is 5.97 Å². The fraction of sp³-hybridized carbons (Fsp3) is 0.292. The number of ketones is 1. The first-order valence-electron chi connectivity index (χ1n) is 10.5. The molecule has 0 saturated heterocycles. The highest BCUT2D eigenvalue weighted by Gasteiger charge is 2.35. The average molecular weight is 454 g/mol. The van der Waals surface area contributed by atoms with Crippen LogP contribution in [0.4, 0.5) is 0 Å². The predicted molar refractivity (Wildman–Crippen MR) is 116 cm³/mol. The third kappa shape index (κ3) is 4.36. The average Bonchev–Trinajstić information content (AvgIpc) is 2.81. The zero-order chi connectivity index (χ0) is 22.7. The minimum atomic E-state index is -3.96. The van der Waals surface area contributed by atoms with E-state index in [0.29, 0.717) is 6.54 Å². The minimum absolute atomic E-state index is 0.00927. The summed E-state index contributed by atoms with van der Waals surface area (Å²) in [5, 5.41) is 2.72. The van der Waals surface area contributed by atoms with Gasteiger partial charge in [0.25, 0.3) is 5.91 Å². The Labute approximate surface area is 186 Å². The molecule has 0 saturated carbocycles. The number of carbonyl (C=O) groups excluding carboxylic acids is 3. The molecule has 1 N–H and O–H groups in total. The fourth-order valence-corrected chi connectivity index (χ4v) is 5.65. The molecule has 7 nitrogen and oxygen atoms in total. The van der Waals surface area contributed by atoms with Crippen molar-refractivity contribution in [3.05, 3.63) is 70.8 Å². The number of allylic oxidation sites excluding steroid dienone is 1. The van der Waals surface area contributed by atoms with Crippen LogP contribution in [0.2, 0.25) is 0 Å². The second-order valence-corrected chi connectivity index (χ2v) is 9.71. The van der Waals surface area contributed by atoms with Crippen LogP contribution < -0.4 is 5.32 Å². The van der Waals surface area contributed by atoms with E-state index in [9.17, 15) is 22.8 Å². The van der Waals surface area contributed by atoms with Crippen molar-refractivity contribution in [2.24, 2.45) is 0 Å². The Kier molecular flexibility index (Phi) is 6.23. The van der Waals surface area contributed by atoms with Crippen LogP contribution in [0.5, 0.6) is 0 Å². The molecule has 1 amide bonds. The van der Waals surface area contributed by atoms with Crippen LogP contribution in [0.15, 0.2) is 63.9 Å². The molecule has 4 rings (SSSR count). The number of hydrogen-bond acceptors (Lipinski definition) is 6. The highest BCUT2D eigenvalue weighted by Crippen LogP contribution is 2.34. The van der Waals surface area contributed by atoms with E-state index in [1.165, 1.54) is 48.7 Å². The predicted octanol–water partition coefficient (Wildman–Crippen LogP) is 3.23. The standard InChI is InChI=1S/C24H23NO6S/c26-22(25-13-12-16-6-2-1-3-7-16)15-31-24(28)17-10-11-19-21(14-17)32(29,30)20-9-5-4-8-18(20)23(19)27/h4-6,8-11,14H,1-3,7,12-13,15H2,(H,25,26). The Morgan fingerprint density at radius 1 is 1.00 bits per heavy atom. The van der Waals surface area contributed by atoms with Gasteiger partial charge in [-0.2, -0.15) is 0 Å². The van der Waals surface area contributed by atoms with Gasteiger partial charge in [0.15, 0.2) is 12.4 Å². The van der Waals surface area contributed by atoms with Gasteiger partial charge in [-0.05, 0) is 62.4 Å². The lowest BCUT2D eigenvalue weighted by atomic mass is 9.97. The first-order valence-corrected chi connectivity index (χ1v) is 12.0. The first-order chi connectivity index (χ1) is 15.4. The molecule has 1 aliphatic carbocycles. The smallest absolute Gasteiger partial charge is 0.338 e. The van der Waals surface area contributed by atoms with Crippen molar-refractivity contribution in [3.63, 3.8) is 0 Å². The zero-order valence-electron chi connectivity index (χ0n) is 17.4. The van der Waals surface area contributed by atoms with E-state index in [-0.39, 0.29) is 26.5 Å². The number of amides is 1. The van der Waals surface area contributed by atoms with E-state index in [1.54, 1.807) is 6.07 Å². The first kappa shape index (κ1) is 22.0. The maximum absolute atomic E-state index is 13.0. The van der Waals surface area contributed by atoms with Crippen LogP contribution in [-0.2, 0) is 19.4 Å². The number of esters is 1. The maximum Gasteiger partial charge on any atom is 0.338 e. The van der Waals surface area contributed by atoms with Crippen molar-refractivity contribution in [2.75, 3.05) is 13.2 Å². The van der Waals surface area contributed by atoms with Gasteiger partial charge in [0.1, 0.15) is 0 Å². The van der Waals surface area contributed by atoms with E-state index in [4.69, 9.17) is 4.74 Å². The quantitative estimate of drug-likeness (QED) is 0.454. The molecule has 0 fully saturated rings. The Morgan fingerprint density at radius 3 is 2.56 bits per heavy atom. The Balaban J connectivity index is 1.40. The summed E-state index contributed by atoms with van der Waals surface area (Å²) in [5.74, 6) is -1.68. The van der Waals surface area contributed by atoms with Crippen LogP contribution in [0.25, 0.3) is 0 Å². The topological polar surface area (TPSA) is 107 Å². The molecule has 0 spiro atoms. The summed E-state index contributed by atoms with van der Waals surface area (Å²) >= 11 is 0. The molecule has 0 unspecified atom stereocenters. The number of carbonyl (C=O) groups is 3.